The van der Waals surface area contributed by atoms with Gasteiger partial charge in [-0.2, -0.15) is 0 Å². The van der Waals surface area contributed by atoms with Gasteiger partial charge in [-0.05, 0) is 63.7 Å². The standard InChI is InChI=1S/C18H26N2O2/c1-14-4-6-16(7-5-14)20-10-2-3-17(18(20)22)19-11-8-15(13-21)9-12-19/h4-7,15,17,21H,2-3,8-13H2,1H3/t17-/m0/s1. The van der Waals surface area contributed by atoms with Crippen LogP contribution in [-0.2, 0) is 4.79 Å². The van der Waals surface area contributed by atoms with E-state index in [1.165, 1.54) is 5.56 Å². The molecule has 3 rings (SSSR count). The molecule has 0 bridgehead atoms. The first kappa shape index (κ1) is 15.5. The van der Waals surface area contributed by atoms with E-state index in [-0.39, 0.29) is 18.6 Å². The molecule has 2 aliphatic heterocycles. The number of carbonyl (C=O) groups excluding carboxylic acids is 1. The molecule has 0 aromatic heterocycles. The number of aliphatic hydroxyl groups is 1. The molecule has 22 heavy (non-hydrogen) atoms. The van der Waals surface area contributed by atoms with Crippen molar-refractivity contribution >= 4 is 11.6 Å². The number of likely N-dealkylation sites (tertiary alicyclic amines) is 1. The van der Waals surface area contributed by atoms with Crippen molar-refractivity contribution in [1.82, 2.24) is 4.90 Å². The summed E-state index contributed by atoms with van der Waals surface area (Å²) in [5, 5.41) is 9.26. The van der Waals surface area contributed by atoms with Gasteiger partial charge in [-0.15, -0.1) is 0 Å². The monoisotopic (exact) mass is 302 g/mol. The quantitative estimate of drug-likeness (QED) is 0.931. The highest BCUT2D eigenvalue weighted by Crippen LogP contribution is 2.27. The van der Waals surface area contributed by atoms with Crippen LogP contribution in [0.25, 0.3) is 0 Å². The Bertz CT molecular complexity index is 506. The highest BCUT2D eigenvalue weighted by Gasteiger charge is 2.35. The van der Waals surface area contributed by atoms with Crippen LogP contribution in [0.2, 0.25) is 0 Å². The number of amides is 1. The lowest BCUT2D eigenvalue weighted by Gasteiger charge is -2.41. The van der Waals surface area contributed by atoms with Crippen LogP contribution >= 0.6 is 0 Å². The van der Waals surface area contributed by atoms with Crippen LogP contribution in [0.3, 0.4) is 0 Å². The van der Waals surface area contributed by atoms with Gasteiger partial charge in [0.1, 0.15) is 0 Å². The SMILES string of the molecule is Cc1ccc(N2CCC[C@H](N3CCC(CO)CC3)C2=O)cc1. The van der Waals surface area contributed by atoms with Crippen molar-refractivity contribution in [3.05, 3.63) is 29.8 Å². The zero-order chi connectivity index (χ0) is 15.5. The number of aliphatic hydroxyl groups excluding tert-OH is 1. The Morgan fingerprint density at radius 3 is 2.41 bits per heavy atom. The molecule has 120 valence electrons. The number of hydrogen-bond acceptors (Lipinski definition) is 3. The van der Waals surface area contributed by atoms with Gasteiger partial charge in [0, 0.05) is 18.8 Å². The van der Waals surface area contributed by atoms with Gasteiger partial charge in [-0.1, -0.05) is 17.7 Å². The Morgan fingerprint density at radius 1 is 1.09 bits per heavy atom. The third-order valence-electron chi connectivity index (χ3n) is 5.10. The van der Waals surface area contributed by atoms with E-state index < -0.39 is 0 Å². The van der Waals surface area contributed by atoms with E-state index in [1.54, 1.807) is 0 Å². The minimum Gasteiger partial charge on any atom is -0.396 e. The van der Waals surface area contributed by atoms with Crippen molar-refractivity contribution in [2.45, 2.75) is 38.6 Å². The summed E-state index contributed by atoms with van der Waals surface area (Å²) < 4.78 is 0. The van der Waals surface area contributed by atoms with E-state index in [0.29, 0.717) is 5.92 Å². The topological polar surface area (TPSA) is 43.8 Å². The number of benzene rings is 1. The molecule has 2 aliphatic rings. The summed E-state index contributed by atoms with van der Waals surface area (Å²) in [6, 6.07) is 8.26. The summed E-state index contributed by atoms with van der Waals surface area (Å²) in [6.45, 7) is 5.04. The first-order valence-corrected chi connectivity index (χ1v) is 8.42. The van der Waals surface area contributed by atoms with E-state index in [1.807, 2.05) is 17.0 Å². The Kier molecular flexibility index (Phi) is 4.79. The van der Waals surface area contributed by atoms with Gasteiger partial charge in [0.2, 0.25) is 5.91 Å². The van der Waals surface area contributed by atoms with E-state index in [0.717, 1.165) is 51.0 Å². The molecule has 0 unspecified atom stereocenters. The van der Waals surface area contributed by atoms with Crippen molar-refractivity contribution in [3.8, 4) is 0 Å². The molecule has 1 aromatic carbocycles. The number of rotatable bonds is 3. The van der Waals surface area contributed by atoms with Crippen molar-refractivity contribution in [2.24, 2.45) is 5.92 Å². The maximum Gasteiger partial charge on any atom is 0.244 e. The van der Waals surface area contributed by atoms with E-state index in [4.69, 9.17) is 0 Å². The molecular weight excluding hydrogens is 276 g/mol. The predicted octanol–water partition coefficient (Wildman–Crippen LogP) is 2.19. The lowest BCUT2D eigenvalue weighted by atomic mass is 9.94. The normalized spacial score (nSPS) is 24.7. The highest BCUT2D eigenvalue weighted by molar-refractivity contribution is 5.97. The fourth-order valence-electron chi connectivity index (χ4n) is 3.62. The molecule has 4 heteroatoms. The molecule has 2 saturated heterocycles. The van der Waals surface area contributed by atoms with Crippen molar-refractivity contribution < 1.29 is 9.90 Å². The zero-order valence-corrected chi connectivity index (χ0v) is 13.4. The van der Waals surface area contributed by atoms with Gasteiger partial charge < -0.3 is 10.0 Å². The fourth-order valence-corrected chi connectivity index (χ4v) is 3.62. The minimum atomic E-state index is 0.0229. The molecule has 1 aromatic rings. The fraction of sp³-hybridized carbons (Fsp3) is 0.611. The third kappa shape index (κ3) is 3.18. The van der Waals surface area contributed by atoms with Crippen LogP contribution < -0.4 is 4.90 Å². The molecule has 2 fully saturated rings. The summed E-state index contributed by atoms with van der Waals surface area (Å²) in [6.07, 6.45) is 4.03. The second kappa shape index (κ2) is 6.80. The van der Waals surface area contributed by atoms with Crippen LogP contribution in [0.5, 0.6) is 0 Å². The summed E-state index contributed by atoms with van der Waals surface area (Å²) in [4.78, 5) is 17.2. The molecule has 1 N–H and O–H groups in total. The van der Waals surface area contributed by atoms with Crippen molar-refractivity contribution in [2.75, 3.05) is 31.1 Å². The number of nitrogens with zero attached hydrogens (tertiary/aromatic N) is 2. The molecule has 1 amide bonds. The molecule has 1 atom stereocenters. The Labute approximate surface area is 132 Å². The average Bonchev–Trinajstić information content (AvgIpc) is 2.56. The van der Waals surface area contributed by atoms with Crippen LogP contribution in [0.1, 0.15) is 31.2 Å². The number of anilines is 1. The smallest absolute Gasteiger partial charge is 0.244 e. The molecule has 0 spiro atoms. The average molecular weight is 302 g/mol. The van der Waals surface area contributed by atoms with Crippen LogP contribution in [-0.4, -0.2) is 48.2 Å². The van der Waals surface area contributed by atoms with Crippen LogP contribution in [0.15, 0.2) is 24.3 Å². The lowest BCUT2D eigenvalue weighted by molar-refractivity contribution is -0.126. The second-order valence-corrected chi connectivity index (χ2v) is 6.65. The van der Waals surface area contributed by atoms with Crippen molar-refractivity contribution in [1.29, 1.82) is 0 Å². The number of carbonyl (C=O) groups is 1. The van der Waals surface area contributed by atoms with Gasteiger partial charge >= 0.3 is 0 Å². The second-order valence-electron chi connectivity index (χ2n) is 6.65. The number of aryl methyl sites for hydroxylation is 1. The van der Waals surface area contributed by atoms with E-state index >= 15 is 0 Å². The molecule has 0 aliphatic carbocycles. The summed E-state index contributed by atoms with van der Waals surface area (Å²) in [7, 11) is 0. The molecule has 4 nitrogen and oxygen atoms in total. The first-order chi connectivity index (χ1) is 10.7. The summed E-state index contributed by atoms with van der Waals surface area (Å²) in [5.41, 5.74) is 2.24. The molecular formula is C18H26N2O2. The van der Waals surface area contributed by atoms with Gasteiger partial charge in [0.15, 0.2) is 0 Å². The van der Waals surface area contributed by atoms with Gasteiger partial charge in [-0.25, -0.2) is 0 Å². The predicted molar refractivity (Wildman–Crippen MR) is 87.9 cm³/mol. The van der Waals surface area contributed by atoms with Gasteiger partial charge in [0.25, 0.3) is 0 Å². The van der Waals surface area contributed by atoms with E-state index in [2.05, 4.69) is 24.0 Å². The number of hydrogen-bond donors (Lipinski definition) is 1. The van der Waals surface area contributed by atoms with Gasteiger partial charge in [0.05, 0.1) is 6.04 Å². The Balaban J connectivity index is 1.69. The molecule has 0 saturated carbocycles. The summed E-state index contributed by atoms with van der Waals surface area (Å²) >= 11 is 0. The highest BCUT2D eigenvalue weighted by atomic mass is 16.3. The molecule has 2 heterocycles. The Morgan fingerprint density at radius 2 is 1.77 bits per heavy atom. The number of piperidine rings is 2. The summed E-state index contributed by atoms with van der Waals surface area (Å²) in [5.74, 6) is 0.667. The minimum absolute atomic E-state index is 0.0229. The third-order valence-corrected chi connectivity index (χ3v) is 5.10. The largest absolute Gasteiger partial charge is 0.396 e. The lowest BCUT2D eigenvalue weighted by Crippen LogP contribution is -2.54. The van der Waals surface area contributed by atoms with Gasteiger partial charge in [-0.3, -0.25) is 9.69 Å². The van der Waals surface area contributed by atoms with Crippen LogP contribution in [0, 0.1) is 12.8 Å². The molecule has 0 radical (unpaired) electrons. The maximum atomic E-state index is 12.9. The maximum absolute atomic E-state index is 12.9. The first-order valence-electron chi connectivity index (χ1n) is 8.42. The Hall–Kier alpha value is -1.39. The van der Waals surface area contributed by atoms with E-state index in [9.17, 15) is 9.90 Å². The van der Waals surface area contributed by atoms with Crippen molar-refractivity contribution in [3.63, 3.8) is 0 Å². The zero-order valence-electron chi connectivity index (χ0n) is 13.4. The van der Waals surface area contributed by atoms with Crippen LogP contribution in [0.4, 0.5) is 5.69 Å².